The van der Waals surface area contributed by atoms with Gasteiger partial charge in [-0.15, -0.1) is 0 Å². The number of nitrogens with zero attached hydrogens (tertiary/aromatic N) is 1. The van der Waals surface area contributed by atoms with E-state index < -0.39 is 14.9 Å². The molecule has 7 heteroatoms. The molecular weight excluding hydrogens is 232 g/mol. The summed E-state index contributed by atoms with van der Waals surface area (Å²) in [6, 6.07) is 3.54. The maximum absolute atomic E-state index is 11.2. The highest BCUT2D eigenvalue weighted by Crippen LogP contribution is 2.26. The number of benzene rings is 1. The zero-order valence-electron chi connectivity index (χ0n) is 8.88. The van der Waals surface area contributed by atoms with Crippen molar-refractivity contribution in [2.75, 3.05) is 0 Å². The van der Waals surface area contributed by atoms with E-state index in [1.165, 1.54) is 12.1 Å². The SMILES string of the molecule is CC(C)c1cc([N+](=O)[O-])ccc1S(N)(=O)=O. The second kappa shape index (κ2) is 4.18. The summed E-state index contributed by atoms with van der Waals surface area (Å²) >= 11 is 0. The van der Waals surface area contributed by atoms with Crippen LogP contribution in [0.15, 0.2) is 23.1 Å². The van der Waals surface area contributed by atoms with Gasteiger partial charge in [-0.3, -0.25) is 10.1 Å². The number of rotatable bonds is 3. The summed E-state index contributed by atoms with van der Waals surface area (Å²) in [4.78, 5) is 9.93. The molecule has 0 saturated heterocycles. The largest absolute Gasteiger partial charge is 0.269 e. The fraction of sp³-hybridized carbons (Fsp3) is 0.333. The van der Waals surface area contributed by atoms with Crippen LogP contribution in [0, 0.1) is 10.1 Å². The van der Waals surface area contributed by atoms with Gasteiger partial charge in [0.2, 0.25) is 10.0 Å². The van der Waals surface area contributed by atoms with E-state index in [0.29, 0.717) is 5.56 Å². The number of nitro groups is 1. The van der Waals surface area contributed by atoms with E-state index in [-0.39, 0.29) is 16.5 Å². The molecule has 0 saturated carbocycles. The summed E-state index contributed by atoms with van der Waals surface area (Å²) in [6.07, 6.45) is 0. The summed E-state index contributed by atoms with van der Waals surface area (Å²) in [6.45, 7) is 3.49. The lowest BCUT2D eigenvalue weighted by Crippen LogP contribution is -2.15. The van der Waals surface area contributed by atoms with E-state index in [0.717, 1.165) is 6.07 Å². The van der Waals surface area contributed by atoms with E-state index in [1.54, 1.807) is 13.8 Å². The van der Waals surface area contributed by atoms with Crippen LogP contribution in [-0.4, -0.2) is 13.3 Å². The maximum Gasteiger partial charge on any atom is 0.269 e. The van der Waals surface area contributed by atoms with Crippen LogP contribution in [0.4, 0.5) is 5.69 Å². The Labute approximate surface area is 93.3 Å². The van der Waals surface area contributed by atoms with E-state index >= 15 is 0 Å². The predicted molar refractivity (Wildman–Crippen MR) is 58.6 cm³/mol. The minimum atomic E-state index is -3.84. The van der Waals surface area contributed by atoms with Gasteiger partial charge >= 0.3 is 0 Å². The second-order valence-electron chi connectivity index (χ2n) is 3.68. The second-order valence-corrected chi connectivity index (χ2v) is 5.21. The number of hydrogen-bond donors (Lipinski definition) is 1. The highest BCUT2D eigenvalue weighted by Gasteiger charge is 2.19. The van der Waals surface area contributed by atoms with Crippen molar-refractivity contribution in [2.24, 2.45) is 5.14 Å². The first kappa shape index (κ1) is 12.6. The molecule has 1 aromatic rings. The third kappa shape index (κ3) is 2.56. The number of non-ortho nitro benzene ring substituents is 1. The smallest absolute Gasteiger partial charge is 0.258 e. The number of nitro benzene ring substituents is 1. The molecule has 0 aliphatic carbocycles. The van der Waals surface area contributed by atoms with Crippen LogP contribution in [-0.2, 0) is 10.0 Å². The normalized spacial score (nSPS) is 11.8. The van der Waals surface area contributed by atoms with Crippen LogP contribution in [0.2, 0.25) is 0 Å². The quantitative estimate of drug-likeness (QED) is 0.640. The van der Waals surface area contributed by atoms with Gasteiger partial charge in [0.1, 0.15) is 0 Å². The molecule has 1 rings (SSSR count). The summed E-state index contributed by atoms with van der Waals surface area (Å²) in [5.41, 5.74) is 0.216. The maximum atomic E-state index is 11.2. The van der Waals surface area contributed by atoms with Gasteiger partial charge in [0.25, 0.3) is 5.69 Å². The van der Waals surface area contributed by atoms with Crippen molar-refractivity contribution in [2.45, 2.75) is 24.7 Å². The molecule has 0 atom stereocenters. The van der Waals surface area contributed by atoms with Gasteiger partial charge in [-0.2, -0.15) is 0 Å². The fourth-order valence-electron chi connectivity index (χ4n) is 1.36. The first-order chi connectivity index (χ1) is 7.23. The van der Waals surface area contributed by atoms with Crippen LogP contribution in [0.3, 0.4) is 0 Å². The van der Waals surface area contributed by atoms with Crippen LogP contribution < -0.4 is 5.14 Å². The molecule has 0 bridgehead atoms. The molecule has 0 radical (unpaired) electrons. The highest BCUT2D eigenvalue weighted by molar-refractivity contribution is 7.89. The average Bonchev–Trinajstić information content (AvgIpc) is 2.15. The van der Waals surface area contributed by atoms with Gasteiger partial charge in [0, 0.05) is 12.1 Å². The summed E-state index contributed by atoms with van der Waals surface area (Å²) in [7, 11) is -3.84. The van der Waals surface area contributed by atoms with Crippen molar-refractivity contribution < 1.29 is 13.3 Å². The van der Waals surface area contributed by atoms with E-state index in [9.17, 15) is 18.5 Å². The van der Waals surface area contributed by atoms with E-state index in [4.69, 9.17) is 5.14 Å². The first-order valence-electron chi connectivity index (χ1n) is 4.54. The molecule has 0 aliphatic heterocycles. The van der Waals surface area contributed by atoms with Gasteiger partial charge in [0.05, 0.1) is 9.82 Å². The van der Waals surface area contributed by atoms with Crippen molar-refractivity contribution in [1.82, 2.24) is 0 Å². The fourth-order valence-corrected chi connectivity index (χ4v) is 2.24. The Morgan fingerprint density at radius 2 is 1.94 bits per heavy atom. The first-order valence-corrected chi connectivity index (χ1v) is 6.09. The minimum absolute atomic E-state index is 0.0619. The van der Waals surface area contributed by atoms with Gasteiger partial charge in [-0.05, 0) is 17.5 Å². The number of nitrogens with two attached hydrogens (primary N) is 1. The third-order valence-corrected chi connectivity index (χ3v) is 3.12. The lowest BCUT2D eigenvalue weighted by molar-refractivity contribution is -0.385. The lowest BCUT2D eigenvalue weighted by atomic mass is 10.0. The molecule has 0 spiro atoms. The molecule has 6 nitrogen and oxygen atoms in total. The molecular formula is C9H12N2O4S. The molecule has 0 aliphatic rings. The molecule has 0 fully saturated rings. The summed E-state index contributed by atoms with van der Waals surface area (Å²) in [5, 5.41) is 15.6. The molecule has 88 valence electrons. The third-order valence-electron chi connectivity index (χ3n) is 2.13. The van der Waals surface area contributed by atoms with Crippen LogP contribution in [0.1, 0.15) is 25.3 Å². The van der Waals surface area contributed by atoms with Crippen LogP contribution >= 0.6 is 0 Å². The topological polar surface area (TPSA) is 103 Å². The highest BCUT2D eigenvalue weighted by atomic mass is 32.2. The van der Waals surface area contributed by atoms with Crippen molar-refractivity contribution in [3.63, 3.8) is 0 Å². The predicted octanol–water partition coefficient (Wildman–Crippen LogP) is 1.37. The van der Waals surface area contributed by atoms with Gasteiger partial charge in [0.15, 0.2) is 0 Å². The van der Waals surface area contributed by atoms with E-state index in [2.05, 4.69) is 0 Å². The van der Waals surface area contributed by atoms with E-state index in [1.807, 2.05) is 0 Å². The van der Waals surface area contributed by atoms with Crippen molar-refractivity contribution in [1.29, 1.82) is 0 Å². The molecule has 0 heterocycles. The standard InChI is InChI=1S/C9H12N2O4S/c1-6(2)8-5-7(11(12)13)3-4-9(8)16(10,14)15/h3-6H,1-2H3,(H2,10,14,15). The van der Waals surface area contributed by atoms with Crippen LogP contribution in [0.25, 0.3) is 0 Å². The zero-order chi connectivity index (χ0) is 12.5. The summed E-state index contributed by atoms with van der Waals surface area (Å²) in [5.74, 6) is -0.159. The molecule has 1 aromatic carbocycles. The Morgan fingerprint density at radius 1 is 1.38 bits per heavy atom. The average molecular weight is 244 g/mol. The number of primary sulfonamides is 1. The van der Waals surface area contributed by atoms with Gasteiger partial charge < -0.3 is 0 Å². The van der Waals surface area contributed by atoms with Crippen molar-refractivity contribution in [3.05, 3.63) is 33.9 Å². The molecule has 0 unspecified atom stereocenters. The monoisotopic (exact) mass is 244 g/mol. The van der Waals surface area contributed by atoms with Gasteiger partial charge in [-0.25, -0.2) is 13.6 Å². The molecule has 2 N–H and O–H groups in total. The number of hydrogen-bond acceptors (Lipinski definition) is 4. The zero-order valence-corrected chi connectivity index (χ0v) is 9.69. The Bertz CT molecular complexity index is 522. The Kier molecular flexibility index (Phi) is 3.30. The minimum Gasteiger partial charge on any atom is -0.258 e. The Morgan fingerprint density at radius 3 is 2.31 bits per heavy atom. The Balaban J connectivity index is 3.49. The molecule has 0 amide bonds. The van der Waals surface area contributed by atoms with Crippen LogP contribution in [0.5, 0.6) is 0 Å². The van der Waals surface area contributed by atoms with Gasteiger partial charge in [-0.1, -0.05) is 13.8 Å². The number of sulfonamides is 1. The molecule has 0 aromatic heterocycles. The summed E-state index contributed by atoms with van der Waals surface area (Å²) < 4.78 is 22.5. The molecule has 16 heavy (non-hydrogen) atoms. The Hall–Kier alpha value is -1.47. The van der Waals surface area contributed by atoms with Crippen molar-refractivity contribution in [3.8, 4) is 0 Å². The van der Waals surface area contributed by atoms with Crippen molar-refractivity contribution >= 4 is 15.7 Å². The lowest BCUT2D eigenvalue weighted by Gasteiger charge is -2.10.